The van der Waals surface area contributed by atoms with Crippen LogP contribution in [0.5, 0.6) is 0 Å². The largest absolute Gasteiger partial charge is 0.497 e. The first-order valence-corrected chi connectivity index (χ1v) is 3.75. The summed E-state index contributed by atoms with van der Waals surface area (Å²) in [6, 6.07) is 0. The third-order valence-electron chi connectivity index (χ3n) is 1.91. The van der Waals surface area contributed by atoms with Crippen LogP contribution in [0.25, 0.3) is 0 Å². The van der Waals surface area contributed by atoms with Gasteiger partial charge in [0.05, 0.1) is 12.2 Å². The molecule has 0 aromatic rings. The Labute approximate surface area is 65.7 Å². The first-order chi connectivity index (χ1) is 5.22. The number of carbonyl (C=O) groups is 1. The Balaban J connectivity index is 2.46. The van der Waals surface area contributed by atoms with Crippen LogP contribution in [0, 0.1) is 5.92 Å². The predicted octanol–water partition coefficient (Wildman–Crippen LogP) is 1.40. The lowest BCUT2D eigenvalue weighted by molar-refractivity contribution is -0.145. The fourth-order valence-corrected chi connectivity index (χ4v) is 1.08. The number of rotatable bonds is 2. The van der Waals surface area contributed by atoms with E-state index < -0.39 is 11.9 Å². The van der Waals surface area contributed by atoms with Crippen LogP contribution < -0.4 is 0 Å². The van der Waals surface area contributed by atoms with Gasteiger partial charge in [-0.25, -0.2) is 0 Å². The van der Waals surface area contributed by atoms with Crippen molar-refractivity contribution in [1.29, 1.82) is 0 Å². The third-order valence-corrected chi connectivity index (χ3v) is 1.91. The minimum absolute atomic E-state index is 0.141. The van der Waals surface area contributed by atoms with Crippen LogP contribution in [0.4, 0.5) is 0 Å². The fraction of sp³-hybridized carbons (Fsp3) is 0.625. The number of hydrogen-bond acceptors (Lipinski definition) is 2. The molecule has 0 aliphatic carbocycles. The SMILES string of the molecule is CC(C(=O)O)C1CCC=CO1. The van der Waals surface area contributed by atoms with E-state index in [1.165, 1.54) is 0 Å². The Morgan fingerprint density at radius 2 is 2.55 bits per heavy atom. The third kappa shape index (κ3) is 1.97. The molecule has 1 heterocycles. The maximum absolute atomic E-state index is 10.5. The van der Waals surface area contributed by atoms with Crippen molar-refractivity contribution in [1.82, 2.24) is 0 Å². The van der Waals surface area contributed by atoms with E-state index in [1.807, 2.05) is 6.08 Å². The molecule has 0 spiro atoms. The molecular formula is C8H12O3. The molecule has 11 heavy (non-hydrogen) atoms. The smallest absolute Gasteiger partial charge is 0.309 e. The Kier molecular flexibility index (Phi) is 2.52. The molecule has 0 saturated heterocycles. The van der Waals surface area contributed by atoms with E-state index in [4.69, 9.17) is 9.84 Å². The number of aliphatic carboxylic acids is 1. The van der Waals surface area contributed by atoms with E-state index in [2.05, 4.69) is 0 Å². The van der Waals surface area contributed by atoms with E-state index >= 15 is 0 Å². The van der Waals surface area contributed by atoms with Crippen LogP contribution in [0.1, 0.15) is 19.8 Å². The van der Waals surface area contributed by atoms with Crippen LogP contribution in [-0.2, 0) is 9.53 Å². The molecule has 1 aliphatic heterocycles. The van der Waals surface area contributed by atoms with E-state index in [0.29, 0.717) is 0 Å². The Morgan fingerprint density at radius 1 is 1.82 bits per heavy atom. The van der Waals surface area contributed by atoms with Gasteiger partial charge in [-0.05, 0) is 25.8 Å². The minimum atomic E-state index is -0.787. The summed E-state index contributed by atoms with van der Waals surface area (Å²) in [6.45, 7) is 1.67. The Morgan fingerprint density at radius 3 is 3.00 bits per heavy atom. The molecule has 0 amide bonds. The van der Waals surface area contributed by atoms with Gasteiger partial charge < -0.3 is 9.84 Å². The molecule has 2 unspecified atom stereocenters. The maximum Gasteiger partial charge on any atom is 0.309 e. The second-order valence-electron chi connectivity index (χ2n) is 2.75. The maximum atomic E-state index is 10.5. The molecular weight excluding hydrogens is 144 g/mol. The summed E-state index contributed by atoms with van der Waals surface area (Å²) < 4.78 is 5.14. The Hall–Kier alpha value is -0.990. The summed E-state index contributed by atoms with van der Waals surface area (Å²) in [6.07, 6.45) is 5.09. The highest BCUT2D eigenvalue weighted by Gasteiger charge is 2.24. The first-order valence-electron chi connectivity index (χ1n) is 3.75. The number of hydrogen-bond donors (Lipinski definition) is 1. The molecule has 62 valence electrons. The van der Waals surface area contributed by atoms with Crippen molar-refractivity contribution in [3.63, 3.8) is 0 Å². The molecule has 1 N–H and O–H groups in total. The predicted molar refractivity (Wildman–Crippen MR) is 40.0 cm³/mol. The zero-order valence-electron chi connectivity index (χ0n) is 6.49. The zero-order valence-corrected chi connectivity index (χ0v) is 6.49. The van der Waals surface area contributed by atoms with Crippen molar-refractivity contribution in [3.8, 4) is 0 Å². The monoisotopic (exact) mass is 156 g/mol. The fourth-order valence-electron chi connectivity index (χ4n) is 1.08. The summed E-state index contributed by atoms with van der Waals surface area (Å²) in [4.78, 5) is 10.5. The van der Waals surface area contributed by atoms with Crippen molar-refractivity contribution in [2.45, 2.75) is 25.9 Å². The van der Waals surface area contributed by atoms with Crippen molar-refractivity contribution in [2.75, 3.05) is 0 Å². The number of carboxylic acids is 1. The summed E-state index contributed by atoms with van der Waals surface area (Å²) in [5, 5.41) is 8.63. The molecule has 1 rings (SSSR count). The average molecular weight is 156 g/mol. The van der Waals surface area contributed by atoms with Crippen LogP contribution in [0.15, 0.2) is 12.3 Å². The molecule has 0 aromatic carbocycles. The number of allylic oxidation sites excluding steroid dienone is 1. The van der Waals surface area contributed by atoms with Crippen molar-refractivity contribution in [3.05, 3.63) is 12.3 Å². The molecule has 0 saturated carbocycles. The summed E-state index contributed by atoms with van der Waals surface area (Å²) in [7, 11) is 0. The van der Waals surface area contributed by atoms with Gasteiger partial charge >= 0.3 is 5.97 Å². The quantitative estimate of drug-likeness (QED) is 0.657. The second kappa shape index (κ2) is 3.42. The van der Waals surface area contributed by atoms with Gasteiger partial charge in [-0.15, -0.1) is 0 Å². The molecule has 0 bridgehead atoms. The first kappa shape index (κ1) is 8.11. The highest BCUT2D eigenvalue weighted by molar-refractivity contribution is 5.70. The summed E-state index contributed by atoms with van der Waals surface area (Å²) >= 11 is 0. The van der Waals surface area contributed by atoms with Gasteiger partial charge in [0.25, 0.3) is 0 Å². The van der Waals surface area contributed by atoms with Gasteiger partial charge in [-0.2, -0.15) is 0 Å². The van der Waals surface area contributed by atoms with Crippen LogP contribution in [0.2, 0.25) is 0 Å². The molecule has 0 fully saturated rings. The molecule has 0 aromatic heterocycles. The van der Waals surface area contributed by atoms with Crippen LogP contribution in [0.3, 0.4) is 0 Å². The molecule has 3 heteroatoms. The summed E-state index contributed by atoms with van der Waals surface area (Å²) in [5.41, 5.74) is 0. The zero-order chi connectivity index (χ0) is 8.27. The lowest BCUT2D eigenvalue weighted by Crippen LogP contribution is -2.27. The van der Waals surface area contributed by atoms with Crippen molar-refractivity contribution in [2.24, 2.45) is 5.92 Å². The minimum Gasteiger partial charge on any atom is -0.497 e. The lowest BCUT2D eigenvalue weighted by atomic mass is 9.99. The van der Waals surface area contributed by atoms with Gasteiger partial charge in [-0.3, -0.25) is 4.79 Å². The highest BCUT2D eigenvalue weighted by Crippen LogP contribution is 2.18. The van der Waals surface area contributed by atoms with Gasteiger partial charge in [0, 0.05) is 0 Å². The van der Waals surface area contributed by atoms with E-state index in [1.54, 1.807) is 13.2 Å². The molecule has 3 nitrogen and oxygen atoms in total. The lowest BCUT2D eigenvalue weighted by Gasteiger charge is -2.22. The van der Waals surface area contributed by atoms with Gasteiger partial charge in [-0.1, -0.05) is 0 Å². The second-order valence-corrected chi connectivity index (χ2v) is 2.75. The molecule has 2 atom stereocenters. The van der Waals surface area contributed by atoms with Gasteiger partial charge in [0.2, 0.25) is 0 Å². The highest BCUT2D eigenvalue weighted by atomic mass is 16.5. The Bertz CT molecular complexity index is 174. The van der Waals surface area contributed by atoms with Crippen LogP contribution >= 0.6 is 0 Å². The van der Waals surface area contributed by atoms with E-state index in [-0.39, 0.29) is 6.10 Å². The molecule has 0 radical (unpaired) electrons. The van der Waals surface area contributed by atoms with Crippen LogP contribution in [-0.4, -0.2) is 17.2 Å². The van der Waals surface area contributed by atoms with E-state index in [0.717, 1.165) is 12.8 Å². The topological polar surface area (TPSA) is 46.5 Å². The summed E-state index contributed by atoms with van der Waals surface area (Å²) in [5.74, 6) is -1.19. The van der Waals surface area contributed by atoms with Gasteiger partial charge in [0.1, 0.15) is 6.10 Å². The van der Waals surface area contributed by atoms with Crippen molar-refractivity contribution >= 4 is 5.97 Å². The number of ether oxygens (including phenoxy) is 1. The van der Waals surface area contributed by atoms with Crippen molar-refractivity contribution < 1.29 is 14.6 Å². The normalized spacial score (nSPS) is 25.7. The molecule has 1 aliphatic rings. The van der Waals surface area contributed by atoms with Gasteiger partial charge in [0.15, 0.2) is 0 Å². The number of carboxylic acid groups (broad SMARTS) is 1. The van der Waals surface area contributed by atoms with E-state index in [9.17, 15) is 4.79 Å². The average Bonchev–Trinajstić information content (AvgIpc) is 2.05. The standard InChI is InChI=1S/C8H12O3/c1-6(8(9)10)7-4-2-3-5-11-7/h3,5-7H,2,4H2,1H3,(H,9,10).